The third-order valence-electron chi connectivity index (χ3n) is 3.87. The molecule has 1 aromatic carbocycles. The van der Waals surface area contributed by atoms with E-state index >= 15 is 0 Å². The summed E-state index contributed by atoms with van der Waals surface area (Å²) in [6.45, 7) is 0.280. The fourth-order valence-corrected chi connectivity index (χ4v) is 2.87. The summed E-state index contributed by atoms with van der Waals surface area (Å²) in [5.41, 5.74) is 2.06. The lowest BCUT2D eigenvalue weighted by atomic mass is 10.1. The molecule has 1 atom stereocenters. The zero-order valence-corrected chi connectivity index (χ0v) is 13.8. The van der Waals surface area contributed by atoms with Gasteiger partial charge in [-0.1, -0.05) is 34.1 Å². The second-order valence-electron chi connectivity index (χ2n) is 5.31. The molecule has 0 aliphatic carbocycles. The molecule has 0 unspecified atom stereocenters. The van der Waals surface area contributed by atoms with Gasteiger partial charge in [-0.25, -0.2) is 0 Å². The molecule has 1 aliphatic heterocycles. The van der Waals surface area contributed by atoms with E-state index in [2.05, 4.69) is 20.9 Å². The first-order valence-corrected chi connectivity index (χ1v) is 8.37. The lowest BCUT2D eigenvalue weighted by molar-refractivity contribution is -0.154. The van der Waals surface area contributed by atoms with Crippen molar-refractivity contribution in [2.24, 2.45) is 0 Å². The van der Waals surface area contributed by atoms with E-state index in [9.17, 15) is 14.4 Å². The molecular weight excluding hydrogens is 364 g/mol. The number of alkyl halides is 1. The number of rotatable bonds is 5. The van der Waals surface area contributed by atoms with Gasteiger partial charge in [0.1, 0.15) is 5.33 Å². The molecule has 2 heterocycles. The Hall–Kier alpha value is -2.15. The topological polar surface area (TPSA) is 79.5 Å². The van der Waals surface area contributed by atoms with E-state index in [0.717, 1.165) is 16.5 Å². The standard InChI is InChI=1S/C16H15BrN2O4/c17-8-15(21)23-13-7-14(20)19(16(13)22)6-5-10-9-18-12-4-2-1-3-11(10)12/h1-4,9,13,18H,5-8H2/t13-/m0/s1. The van der Waals surface area contributed by atoms with E-state index in [1.807, 2.05) is 30.5 Å². The molecule has 0 radical (unpaired) electrons. The number of aromatic amines is 1. The first-order valence-electron chi connectivity index (χ1n) is 7.25. The van der Waals surface area contributed by atoms with Crippen LogP contribution in [0.4, 0.5) is 0 Å². The Balaban J connectivity index is 1.67. The van der Waals surface area contributed by atoms with Crippen LogP contribution in [0.2, 0.25) is 0 Å². The Labute approximate surface area is 140 Å². The molecule has 1 aliphatic rings. The summed E-state index contributed by atoms with van der Waals surface area (Å²) in [5, 5.41) is 1.08. The highest BCUT2D eigenvalue weighted by Gasteiger charge is 2.40. The van der Waals surface area contributed by atoms with Crippen LogP contribution in [0.3, 0.4) is 0 Å². The predicted molar refractivity (Wildman–Crippen MR) is 87.0 cm³/mol. The molecular formula is C16H15BrN2O4. The van der Waals surface area contributed by atoms with Gasteiger partial charge in [0.2, 0.25) is 5.91 Å². The number of fused-ring (bicyclic) bond motifs is 1. The van der Waals surface area contributed by atoms with Crippen molar-refractivity contribution < 1.29 is 19.1 Å². The highest BCUT2D eigenvalue weighted by atomic mass is 79.9. The highest BCUT2D eigenvalue weighted by molar-refractivity contribution is 9.09. The normalized spacial score (nSPS) is 18.0. The summed E-state index contributed by atoms with van der Waals surface area (Å²) in [7, 11) is 0. The van der Waals surface area contributed by atoms with Gasteiger partial charge in [0.15, 0.2) is 6.10 Å². The second-order valence-corrected chi connectivity index (χ2v) is 5.87. The van der Waals surface area contributed by atoms with E-state index in [1.54, 1.807) is 0 Å². The maximum atomic E-state index is 12.2. The van der Waals surface area contributed by atoms with E-state index in [-0.39, 0.29) is 24.2 Å². The minimum atomic E-state index is -0.990. The minimum Gasteiger partial charge on any atom is -0.451 e. The molecule has 1 aromatic heterocycles. The molecule has 6 nitrogen and oxygen atoms in total. The van der Waals surface area contributed by atoms with Gasteiger partial charge in [-0.05, 0) is 18.1 Å². The molecule has 1 N–H and O–H groups in total. The summed E-state index contributed by atoms with van der Waals surface area (Å²) in [6.07, 6.45) is 1.37. The molecule has 7 heteroatoms. The monoisotopic (exact) mass is 378 g/mol. The van der Waals surface area contributed by atoms with E-state index in [4.69, 9.17) is 4.74 Å². The van der Waals surface area contributed by atoms with E-state index in [1.165, 1.54) is 4.90 Å². The molecule has 1 saturated heterocycles. The van der Waals surface area contributed by atoms with Gasteiger partial charge >= 0.3 is 5.97 Å². The first kappa shape index (κ1) is 15.7. The zero-order chi connectivity index (χ0) is 16.4. The van der Waals surface area contributed by atoms with Crippen molar-refractivity contribution in [2.45, 2.75) is 18.9 Å². The Bertz CT molecular complexity index is 770. The SMILES string of the molecule is O=C(CBr)O[C@H]1CC(=O)N(CCc2c[nH]c3ccccc23)C1=O. The molecule has 0 spiro atoms. The Morgan fingerprint density at radius 1 is 1.35 bits per heavy atom. The summed E-state index contributed by atoms with van der Waals surface area (Å²) >= 11 is 2.96. The number of nitrogens with one attached hydrogen (secondary N) is 1. The third kappa shape index (κ3) is 3.14. The number of aromatic nitrogens is 1. The van der Waals surface area contributed by atoms with Crippen LogP contribution in [0.5, 0.6) is 0 Å². The van der Waals surface area contributed by atoms with Gasteiger partial charge in [-0.2, -0.15) is 0 Å². The van der Waals surface area contributed by atoms with Crippen LogP contribution < -0.4 is 0 Å². The fourth-order valence-electron chi connectivity index (χ4n) is 2.74. The van der Waals surface area contributed by atoms with E-state index < -0.39 is 18.0 Å². The summed E-state index contributed by atoms with van der Waals surface area (Å²) < 4.78 is 4.98. The third-order valence-corrected chi connectivity index (χ3v) is 4.32. The van der Waals surface area contributed by atoms with Crippen molar-refractivity contribution in [3.8, 4) is 0 Å². The highest BCUT2D eigenvalue weighted by Crippen LogP contribution is 2.21. The molecule has 120 valence electrons. The smallest absolute Gasteiger partial charge is 0.317 e. The van der Waals surface area contributed by atoms with Crippen LogP contribution in [0, 0.1) is 0 Å². The van der Waals surface area contributed by atoms with Crippen molar-refractivity contribution in [2.75, 3.05) is 11.9 Å². The zero-order valence-electron chi connectivity index (χ0n) is 12.3. The Morgan fingerprint density at radius 2 is 2.13 bits per heavy atom. The Morgan fingerprint density at radius 3 is 2.91 bits per heavy atom. The minimum absolute atomic E-state index is 0.000307. The van der Waals surface area contributed by atoms with Crippen molar-refractivity contribution in [1.82, 2.24) is 9.88 Å². The molecule has 2 aromatic rings. The molecule has 0 saturated carbocycles. The number of hydrogen-bond donors (Lipinski definition) is 1. The van der Waals surface area contributed by atoms with Crippen molar-refractivity contribution in [1.29, 1.82) is 0 Å². The van der Waals surface area contributed by atoms with E-state index in [0.29, 0.717) is 6.42 Å². The number of H-pyrrole nitrogens is 1. The predicted octanol–water partition coefficient (Wildman–Crippen LogP) is 1.78. The molecule has 3 rings (SSSR count). The van der Waals surface area contributed by atoms with Crippen LogP contribution in [-0.4, -0.2) is 45.6 Å². The number of esters is 1. The number of hydrogen-bond acceptors (Lipinski definition) is 4. The van der Waals surface area contributed by atoms with Crippen LogP contribution >= 0.6 is 15.9 Å². The molecule has 1 fully saturated rings. The number of likely N-dealkylation sites (tertiary alicyclic amines) is 1. The number of amides is 2. The van der Waals surface area contributed by atoms with Gasteiger partial charge in [0, 0.05) is 23.6 Å². The number of benzene rings is 1. The first-order chi connectivity index (χ1) is 11.1. The van der Waals surface area contributed by atoms with Crippen LogP contribution in [0.1, 0.15) is 12.0 Å². The fraction of sp³-hybridized carbons (Fsp3) is 0.312. The second kappa shape index (κ2) is 6.54. The van der Waals surface area contributed by atoms with Gasteiger partial charge in [-0.15, -0.1) is 0 Å². The summed E-state index contributed by atoms with van der Waals surface area (Å²) in [6, 6.07) is 7.86. The van der Waals surface area contributed by atoms with Crippen molar-refractivity contribution >= 4 is 44.6 Å². The summed E-state index contributed by atoms with van der Waals surface area (Å²) in [4.78, 5) is 39.8. The quantitative estimate of drug-likeness (QED) is 0.488. The number of para-hydroxylation sites is 1. The van der Waals surface area contributed by atoms with Crippen LogP contribution in [0.15, 0.2) is 30.5 Å². The van der Waals surface area contributed by atoms with Gasteiger partial charge < -0.3 is 9.72 Å². The number of nitrogens with zero attached hydrogens (tertiary/aromatic N) is 1. The molecule has 0 bridgehead atoms. The average molecular weight is 379 g/mol. The van der Waals surface area contributed by atoms with Crippen LogP contribution in [0.25, 0.3) is 10.9 Å². The summed E-state index contributed by atoms with van der Waals surface area (Å²) in [5.74, 6) is -1.29. The maximum Gasteiger partial charge on any atom is 0.317 e. The van der Waals surface area contributed by atoms with Gasteiger partial charge in [0.05, 0.1) is 6.42 Å². The number of imide groups is 1. The molecule has 2 amide bonds. The number of halogens is 1. The van der Waals surface area contributed by atoms with Crippen molar-refractivity contribution in [3.05, 3.63) is 36.0 Å². The lowest BCUT2D eigenvalue weighted by Gasteiger charge is -2.14. The lowest BCUT2D eigenvalue weighted by Crippen LogP contribution is -2.35. The van der Waals surface area contributed by atoms with Crippen LogP contribution in [-0.2, 0) is 25.5 Å². The number of carbonyl (C=O) groups excluding carboxylic acids is 3. The van der Waals surface area contributed by atoms with Crippen molar-refractivity contribution in [3.63, 3.8) is 0 Å². The maximum absolute atomic E-state index is 12.2. The largest absolute Gasteiger partial charge is 0.451 e. The molecule has 23 heavy (non-hydrogen) atoms. The van der Waals surface area contributed by atoms with Gasteiger partial charge in [0.25, 0.3) is 5.91 Å². The number of carbonyl (C=O) groups is 3. The Kier molecular flexibility index (Phi) is 4.47. The number of ether oxygens (including phenoxy) is 1. The van der Waals surface area contributed by atoms with Gasteiger partial charge in [-0.3, -0.25) is 19.3 Å². The average Bonchev–Trinajstić information content (AvgIpc) is 3.07.